The molecule has 1 saturated carbocycles. The Morgan fingerprint density at radius 3 is 2.14 bits per heavy atom. The van der Waals surface area contributed by atoms with Gasteiger partial charge in [0.2, 0.25) is 0 Å². The zero-order chi connectivity index (χ0) is 10.2. The molecular formula is C12H24N2. The van der Waals surface area contributed by atoms with Gasteiger partial charge in [0.1, 0.15) is 0 Å². The van der Waals surface area contributed by atoms with Crippen molar-refractivity contribution in [3.05, 3.63) is 0 Å². The number of rotatable bonds is 3. The van der Waals surface area contributed by atoms with Crippen LogP contribution in [0.4, 0.5) is 0 Å². The Hall–Kier alpha value is -0.0800. The molecule has 1 saturated heterocycles. The molecule has 0 aromatic rings. The van der Waals surface area contributed by atoms with Crippen molar-refractivity contribution in [1.29, 1.82) is 0 Å². The van der Waals surface area contributed by atoms with E-state index in [-0.39, 0.29) is 5.54 Å². The van der Waals surface area contributed by atoms with E-state index in [1.807, 2.05) is 0 Å². The Balaban J connectivity index is 1.97. The second-order valence-electron chi connectivity index (χ2n) is 5.56. The first-order valence-corrected chi connectivity index (χ1v) is 6.13. The lowest BCUT2D eigenvalue weighted by atomic mass is 9.73. The third-order valence-electron chi connectivity index (χ3n) is 4.39. The molecule has 0 aromatic carbocycles. The first-order chi connectivity index (χ1) is 6.62. The molecule has 1 unspecified atom stereocenters. The summed E-state index contributed by atoms with van der Waals surface area (Å²) in [4.78, 5) is 2.59. The Morgan fingerprint density at radius 2 is 1.71 bits per heavy atom. The molecule has 1 aliphatic heterocycles. The van der Waals surface area contributed by atoms with Crippen molar-refractivity contribution >= 4 is 0 Å². The fourth-order valence-corrected chi connectivity index (χ4v) is 2.88. The molecule has 0 amide bonds. The van der Waals surface area contributed by atoms with E-state index in [2.05, 4.69) is 18.7 Å². The summed E-state index contributed by atoms with van der Waals surface area (Å²) in [7, 11) is 0. The molecule has 2 nitrogen and oxygen atoms in total. The molecule has 2 aliphatic rings. The van der Waals surface area contributed by atoms with Gasteiger partial charge in [-0.15, -0.1) is 0 Å². The second-order valence-corrected chi connectivity index (χ2v) is 5.56. The van der Waals surface area contributed by atoms with Gasteiger partial charge in [-0.25, -0.2) is 0 Å². The predicted molar refractivity (Wildman–Crippen MR) is 60.2 cm³/mol. The fraction of sp³-hybridized carbons (Fsp3) is 1.00. The number of hydrogen-bond acceptors (Lipinski definition) is 2. The zero-order valence-electron chi connectivity index (χ0n) is 9.63. The highest BCUT2D eigenvalue weighted by Gasteiger charge is 2.40. The van der Waals surface area contributed by atoms with Gasteiger partial charge in [-0.2, -0.15) is 0 Å². The van der Waals surface area contributed by atoms with Gasteiger partial charge in [-0.05, 0) is 58.5 Å². The van der Waals surface area contributed by atoms with Crippen LogP contribution in [0.1, 0.15) is 46.0 Å². The summed E-state index contributed by atoms with van der Waals surface area (Å²) in [6.07, 6.45) is 6.84. The lowest BCUT2D eigenvalue weighted by Gasteiger charge is -2.46. The van der Waals surface area contributed by atoms with E-state index >= 15 is 0 Å². The molecule has 0 aromatic heterocycles. The summed E-state index contributed by atoms with van der Waals surface area (Å²) >= 11 is 0. The van der Waals surface area contributed by atoms with Crippen molar-refractivity contribution in [3.63, 3.8) is 0 Å². The van der Waals surface area contributed by atoms with Gasteiger partial charge >= 0.3 is 0 Å². The van der Waals surface area contributed by atoms with Crippen LogP contribution in [0.3, 0.4) is 0 Å². The van der Waals surface area contributed by atoms with E-state index < -0.39 is 0 Å². The first-order valence-electron chi connectivity index (χ1n) is 6.13. The number of likely N-dealkylation sites (tertiary alicyclic amines) is 1. The van der Waals surface area contributed by atoms with E-state index in [1.165, 1.54) is 45.2 Å². The minimum Gasteiger partial charge on any atom is -0.326 e. The van der Waals surface area contributed by atoms with Gasteiger partial charge in [-0.3, -0.25) is 4.90 Å². The van der Waals surface area contributed by atoms with E-state index in [4.69, 9.17) is 5.73 Å². The van der Waals surface area contributed by atoms with Crippen molar-refractivity contribution in [2.75, 3.05) is 13.1 Å². The normalized spacial score (nSPS) is 27.6. The van der Waals surface area contributed by atoms with E-state index in [0.29, 0.717) is 6.04 Å². The van der Waals surface area contributed by atoms with Gasteiger partial charge in [0, 0.05) is 11.6 Å². The average molecular weight is 196 g/mol. The molecule has 2 heteroatoms. The van der Waals surface area contributed by atoms with Crippen molar-refractivity contribution in [2.45, 2.75) is 57.5 Å². The molecular weight excluding hydrogens is 172 g/mol. The average Bonchev–Trinajstić information content (AvgIpc) is 2.52. The molecule has 2 N–H and O–H groups in total. The lowest BCUT2D eigenvalue weighted by molar-refractivity contribution is 0.0726. The molecule has 14 heavy (non-hydrogen) atoms. The smallest absolute Gasteiger partial charge is 0.0306 e. The molecule has 0 radical (unpaired) electrons. The third kappa shape index (κ3) is 1.70. The maximum absolute atomic E-state index is 6.39. The molecule has 2 rings (SSSR count). The highest BCUT2D eigenvalue weighted by molar-refractivity contribution is 4.98. The topological polar surface area (TPSA) is 29.3 Å². The summed E-state index contributed by atoms with van der Waals surface area (Å²) in [5.74, 6) is 0.797. The maximum atomic E-state index is 6.39. The molecule has 1 aliphatic carbocycles. The van der Waals surface area contributed by atoms with Crippen LogP contribution < -0.4 is 5.73 Å². The standard InChI is InChI=1S/C12H24N2/c1-12(2,14-8-3-4-9-14)11(13)10-6-5-7-10/h10-11H,3-9,13H2,1-2H3. The van der Waals surface area contributed by atoms with Crippen molar-refractivity contribution < 1.29 is 0 Å². The number of nitrogens with zero attached hydrogens (tertiary/aromatic N) is 1. The Labute approximate surface area is 87.8 Å². The van der Waals surface area contributed by atoms with Crippen LogP contribution in [0.2, 0.25) is 0 Å². The molecule has 82 valence electrons. The lowest BCUT2D eigenvalue weighted by Crippen LogP contribution is -2.59. The monoisotopic (exact) mass is 196 g/mol. The predicted octanol–water partition coefficient (Wildman–Crippen LogP) is 1.99. The van der Waals surface area contributed by atoms with Crippen LogP contribution in [0, 0.1) is 5.92 Å². The van der Waals surface area contributed by atoms with Gasteiger partial charge in [0.25, 0.3) is 0 Å². The van der Waals surface area contributed by atoms with E-state index in [0.717, 1.165) is 5.92 Å². The number of hydrogen-bond donors (Lipinski definition) is 1. The minimum absolute atomic E-state index is 0.224. The fourth-order valence-electron chi connectivity index (χ4n) is 2.88. The molecule has 0 spiro atoms. The van der Waals surface area contributed by atoms with Crippen LogP contribution in [0.5, 0.6) is 0 Å². The van der Waals surface area contributed by atoms with Crippen LogP contribution in [-0.2, 0) is 0 Å². The van der Waals surface area contributed by atoms with Crippen molar-refractivity contribution in [2.24, 2.45) is 11.7 Å². The summed E-state index contributed by atoms with van der Waals surface area (Å²) in [6, 6.07) is 0.384. The summed E-state index contributed by atoms with van der Waals surface area (Å²) < 4.78 is 0. The zero-order valence-corrected chi connectivity index (χ0v) is 9.63. The quantitative estimate of drug-likeness (QED) is 0.748. The summed E-state index contributed by atoms with van der Waals surface area (Å²) in [5.41, 5.74) is 6.62. The molecule has 1 heterocycles. The largest absolute Gasteiger partial charge is 0.326 e. The summed E-state index contributed by atoms with van der Waals surface area (Å²) in [5, 5.41) is 0. The highest BCUT2D eigenvalue weighted by Crippen LogP contribution is 2.36. The molecule has 2 fully saturated rings. The second kappa shape index (κ2) is 3.82. The molecule has 0 bridgehead atoms. The molecule has 1 atom stereocenters. The van der Waals surface area contributed by atoms with Crippen LogP contribution in [0.25, 0.3) is 0 Å². The van der Waals surface area contributed by atoms with Crippen molar-refractivity contribution in [1.82, 2.24) is 4.90 Å². The van der Waals surface area contributed by atoms with Gasteiger partial charge in [0.15, 0.2) is 0 Å². The van der Waals surface area contributed by atoms with Crippen LogP contribution >= 0.6 is 0 Å². The van der Waals surface area contributed by atoms with Crippen molar-refractivity contribution in [3.8, 4) is 0 Å². The number of nitrogens with two attached hydrogens (primary N) is 1. The first kappa shape index (κ1) is 10.4. The summed E-state index contributed by atoms with van der Waals surface area (Å²) in [6.45, 7) is 7.18. The maximum Gasteiger partial charge on any atom is 0.0306 e. The van der Waals surface area contributed by atoms with E-state index in [9.17, 15) is 0 Å². The van der Waals surface area contributed by atoms with Gasteiger partial charge in [0.05, 0.1) is 0 Å². The third-order valence-corrected chi connectivity index (χ3v) is 4.39. The Kier molecular flexibility index (Phi) is 2.85. The van der Waals surface area contributed by atoms with Crippen LogP contribution in [0.15, 0.2) is 0 Å². The Morgan fingerprint density at radius 1 is 1.14 bits per heavy atom. The SMILES string of the molecule is CC(C)(C(N)C1CCC1)N1CCCC1. The Bertz CT molecular complexity index is 190. The van der Waals surface area contributed by atoms with Gasteiger partial charge in [-0.1, -0.05) is 6.42 Å². The highest BCUT2D eigenvalue weighted by atomic mass is 15.2. The minimum atomic E-state index is 0.224. The van der Waals surface area contributed by atoms with Crippen LogP contribution in [-0.4, -0.2) is 29.6 Å². The van der Waals surface area contributed by atoms with Gasteiger partial charge < -0.3 is 5.73 Å². The van der Waals surface area contributed by atoms with E-state index in [1.54, 1.807) is 0 Å².